The Hall–Kier alpha value is -2.02. The average Bonchev–Trinajstić information content (AvgIpc) is 3.39. The summed E-state index contributed by atoms with van der Waals surface area (Å²) in [4.78, 5) is 43.8. The number of carbonyl (C=O) groups excluding carboxylic acids is 3. The minimum Gasteiger partial charge on any atom is -0.339 e. The summed E-state index contributed by atoms with van der Waals surface area (Å²) in [5, 5.41) is 0. The number of amides is 3. The van der Waals surface area contributed by atoms with Crippen LogP contribution in [-0.2, 0) is 14.4 Å². The summed E-state index contributed by atoms with van der Waals surface area (Å²) in [6.45, 7) is 2.31. The number of carbonyl (C=O) groups is 3. The molecule has 7 heteroatoms. The second-order valence-corrected chi connectivity index (χ2v) is 8.79. The van der Waals surface area contributed by atoms with Crippen molar-refractivity contribution >= 4 is 35.2 Å². The van der Waals surface area contributed by atoms with E-state index in [0.717, 1.165) is 23.4 Å². The van der Waals surface area contributed by atoms with Crippen LogP contribution in [-0.4, -0.2) is 58.6 Å². The van der Waals surface area contributed by atoms with Gasteiger partial charge in [0.05, 0.1) is 5.69 Å². The first-order valence-electron chi connectivity index (χ1n) is 9.29. The van der Waals surface area contributed by atoms with Crippen LogP contribution in [0.15, 0.2) is 29.2 Å². The lowest BCUT2D eigenvalue weighted by Crippen LogP contribution is -2.59. The van der Waals surface area contributed by atoms with Crippen LogP contribution in [0, 0.1) is 5.92 Å². The minimum absolute atomic E-state index is 0.0167. The van der Waals surface area contributed by atoms with E-state index in [1.54, 1.807) is 4.90 Å². The number of rotatable bonds is 2. The average molecular weight is 371 g/mol. The predicted molar refractivity (Wildman–Crippen MR) is 97.6 cm³/mol. The van der Waals surface area contributed by atoms with E-state index >= 15 is 0 Å². The lowest BCUT2D eigenvalue weighted by atomic mass is 10.1. The molecule has 26 heavy (non-hydrogen) atoms. The third-order valence-electron chi connectivity index (χ3n) is 5.81. The Labute approximate surface area is 156 Å². The second kappa shape index (κ2) is 5.74. The highest BCUT2D eigenvalue weighted by Crippen LogP contribution is 2.56. The lowest BCUT2D eigenvalue weighted by Gasteiger charge is -2.40. The summed E-state index contributed by atoms with van der Waals surface area (Å²) < 4.78 is 0. The number of anilines is 1. The third kappa shape index (κ3) is 2.29. The lowest BCUT2D eigenvalue weighted by molar-refractivity contribution is -0.141. The number of fused-ring (bicyclic) bond motifs is 3. The van der Waals surface area contributed by atoms with Gasteiger partial charge < -0.3 is 9.80 Å². The monoisotopic (exact) mass is 371 g/mol. The van der Waals surface area contributed by atoms with E-state index in [4.69, 9.17) is 0 Å². The van der Waals surface area contributed by atoms with Gasteiger partial charge in [-0.2, -0.15) is 0 Å². The molecule has 0 spiro atoms. The molecular weight excluding hydrogens is 350 g/mol. The molecular formula is C19H21N3O3S. The molecule has 0 radical (unpaired) electrons. The van der Waals surface area contributed by atoms with Crippen molar-refractivity contribution in [1.29, 1.82) is 0 Å². The number of hydrogen-bond donors (Lipinski definition) is 0. The van der Waals surface area contributed by atoms with Gasteiger partial charge in [-0.25, -0.2) is 0 Å². The van der Waals surface area contributed by atoms with Crippen molar-refractivity contribution in [2.45, 2.75) is 35.4 Å². The maximum absolute atomic E-state index is 13.4. The first kappa shape index (κ1) is 16.2. The van der Waals surface area contributed by atoms with Crippen LogP contribution in [0.25, 0.3) is 0 Å². The summed E-state index contributed by atoms with van der Waals surface area (Å²) in [7, 11) is 0. The van der Waals surface area contributed by atoms with E-state index in [1.807, 2.05) is 34.1 Å². The standard InChI is InChI=1S/C19H21N3O3S/c23-16-7-8-19(22(16)14-3-1-2-4-15(14)26-19)18(25)21-11-9-20(10-12-21)17(24)13-5-6-13/h1-4,13H,5-12H2/t19-/m0/s1. The molecule has 0 N–H and O–H groups in total. The minimum atomic E-state index is -0.830. The highest BCUT2D eigenvalue weighted by molar-refractivity contribution is 8.02. The van der Waals surface area contributed by atoms with Crippen molar-refractivity contribution in [3.63, 3.8) is 0 Å². The van der Waals surface area contributed by atoms with E-state index in [2.05, 4.69) is 0 Å². The Morgan fingerprint density at radius 2 is 1.73 bits per heavy atom. The molecule has 5 rings (SSSR count). The van der Waals surface area contributed by atoms with Crippen molar-refractivity contribution in [2.75, 3.05) is 31.1 Å². The van der Waals surface area contributed by atoms with Crippen molar-refractivity contribution in [3.8, 4) is 0 Å². The van der Waals surface area contributed by atoms with Gasteiger partial charge in [0.25, 0.3) is 5.91 Å². The topological polar surface area (TPSA) is 60.9 Å². The van der Waals surface area contributed by atoms with Crippen molar-refractivity contribution in [3.05, 3.63) is 24.3 Å². The quantitative estimate of drug-likeness (QED) is 0.794. The van der Waals surface area contributed by atoms with Gasteiger partial charge in [-0.05, 0) is 31.4 Å². The molecule has 6 nitrogen and oxygen atoms in total. The zero-order valence-corrected chi connectivity index (χ0v) is 15.3. The van der Waals surface area contributed by atoms with Crippen LogP contribution in [0.1, 0.15) is 25.7 Å². The maximum Gasteiger partial charge on any atom is 0.259 e. The summed E-state index contributed by atoms with van der Waals surface area (Å²) >= 11 is 1.52. The second-order valence-electron chi connectivity index (χ2n) is 7.48. The third-order valence-corrected chi connectivity index (χ3v) is 7.28. The smallest absolute Gasteiger partial charge is 0.259 e. The van der Waals surface area contributed by atoms with Crippen molar-refractivity contribution < 1.29 is 14.4 Å². The first-order chi connectivity index (χ1) is 12.6. The predicted octanol–water partition coefficient (Wildman–Crippen LogP) is 1.70. The number of benzene rings is 1. The zero-order valence-electron chi connectivity index (χ0n) is 14.5. The summed E-state index contributed by atoms with van der Waals surface area (Å²) in [5.41, 5.74) is 0.857. The SMILES string of the molecule is O=C(C1CC1)N1CCN(C(=O)[C@@]23CCC(=O)N2c2ccccc2S3)CC1. The summed E-state index contributed by atoms with van der Waals surface area (Å²) in [6.07, 6.45) is 2.97. The van der Waals surface area contributed by atoms with Gasteiger partial charge in [0, 0.05) is 43.4 Å². The van der Waals surface area contributed by atoms with E-state index in [0.29, 0.717) is 39.0 Å². The molecule has 3 amide bonds. The van der Waals surface area contributed by atoms with E-state index in [9.17, 15) is 14.4 Å². The van der Waals surface area contributed by atoms with Gasteiger partial charge in [0.1, 0.15) is 0 Å². The molecule has 4 aliphatic rings. The van der Waals surface area contributed by atoms with Gasteiger partial charge in [-0.1, -0.05) is 23.9 Å². The Kier molecular flexibility index (Phi) is 3.57. The van der Waals surface area contributed by atoms with E-state index in [1.165, 1.54) is 11.8 Å². The van der Waals surface area contributed by atoms with Crippen LogP contribution in [0.2, 0.25) is 0 Å². The van der Waals surface area contributed by atoms with Gasteiger partial charge in [0.15, 0.2) is 4.87 Å². The summed E-state index contributed by atoms with van der Waals surface area (Å²) in [5.74, 6) is 0.510. The van der Waals surface area contributed by atoms with Crippen LogP contribution in [0.5, 0.6) is 0 Å². The zero-order chi connectivity index (χ0) is 17.9. The molecule has 1 aliphatic carbocycles. The van der Waals surface area contributed by atoms with Crippen LogP contribution in [0.3, 0.4) is 0 Å². The van der Waals surface area contributed by atoms with Crippen LogP contribution < -0.4 is 4.90 Å². The molecule has 2 saturated heterocycles. The Balaban J connectivity index is 1.36. The molecule has 0 unspecified atom stereocenters. The Bertz CT molecular complexity index is 801. The number of para-hydroxylation sites is 1. The highest BCUT2D eigenvalue weighted by Gasteiger charge is 2.58. The van der Waals surface area contributed by atoms with Crippen LogP contribution in [0.4, 0.5) is 5.69 Å². The molecule has 1 aromatic carbocycles. The highest BCUT2D eigenvalue weighted by atomic mass is 32.2. The van der Waals surface area contributed by atoms with Crippen LogP contribution >= 0.6 is 11.8 Å². The van der Waals surface area contributed by atoms with E-state index in [-0.39, 0.29) is 23.6 Å². The fraction of sp³-hybridized carbons (Fsp3) is 0.526. The number of hydrogen-bond acceptors (Lipinski definition) is 4. The van der Waals surface area contributed by atoms with Gasteiger partial charge >= 0.3 is 0 Å². The molecule has 1 aromatic rings. The normalized spacial score (nSPS) is 27.5. The molecule has 3 aliphatic heterocycles. The number of thioether (sulfide) groups is 1. The van der Waals surface area contributed by atoms with Crippen molar-refractivity contribution in [2.24, 2.45) is 5.92 Å². The Morgan fingerprint density at radius 3 is 2.46 bits per heavy atom. The molecule has 3 fully saturated rings. The van der Waals surface area contributed by atoms with Crippen molar-refractivity contribution in [1.82, 2.24) is 9.80 Å². The molecule has 3 heterocycles. The maximum atomic E-state index is 13.4. The van der Waals surface area contributed by atoms with E-state index < -0.39 is 4.87 Å². The fourth-order valence-electron chi connectivity index (χ4n) is 4.25. The van der Waals surface area contributed by atoms with Gasteiger partial charge in [-0.3, -0.25) is 19.3 Å². The molecule has 136 valence electrons. The number of piperazine rings is 1. The molecule has 0 bridgehead atoms. The Morgan fingerprint density at radius 1 is 1.04 bits per heavy atom. The molecule has 1 saturated carbocycles. The first-order valence-corrected chi connectivity index (χ1v) is 10.1. The number of nitrogens with zero attached hydrogens (tertiary/aromatic N) is 3. The largest absolute Gasteiger partial charge is 0.339 e. The van der Waals surface area contributed by atoms with Gasteiger partial charge in [0.2, 0.25) is 11.8 Å². The summed E-state index contributed by atoms with van der Waals surface area (Å²) in [6, 6.07) is 7.76. The molecule has 1 atom stereocenters. The van der Waals surface area contributed by atoms with Gasteiger partial charge in [-0.15, -0.1) is 0 Å². The molecule has 0 aromatic heterocycles. The fourth-order valence-corrected chi connectivity index (χ4v) is 5.74.